The number of amides is 2. The highest BCUT2D eigenvalue weighted by molar-refractivity contribution is 6.00. The molecule has 2 rings (SSSR count). The van der Waals surface area contributed by atoms with Crippen LogP contribution in [-0.2, 0) is 9.59 Å². The first-order chi connectivity index (χ1) is 10.6. The Morgan fingerprint density at radius 3 is 2.59 bits per heavy atom. The van der Waals surface area contributed by atoms with Crippen LogP contribution in [0.2, 0.25) is 0 Å². The van der Waals surface area contributed by atoms with Crippen molar-refractivity contribution < 1.29 is 14.3 Å². The van der Waals surface area contributed by atoms with Gasteiger partial charge in [-0.1, -0.05) is 19.1 Å². The molecule has 1 aliphatic rings. The number of carbonyl (C=O) groups excluding carboxylic acids is 2. The maximum Gasteiger partial charge on any atom is 0.228 e. The van der Waals surface area contributed by atoms with Gasteiger partial charge in [-0.15, -0.1) is 0 Å². The Labute approximate surface area is 131 Å². The van der Waals surface area contributed by atoms with Crippen molar-refractivity contribution >= 4 is 17.5 Å². The summed E-state index contributed by atoms with van der Waals surface area (Å²) in [5.41, 5.74) is 0.655. The lowest BCUT2D eigenvalue weighted by Crippen LogP contribution is -2.34. The quantitative estimate of drug-likeness (QED) is 0.813. The van der Waals surface area contributed by atoms with Crippen LogP contribution in [0, 0.1) is 11.8 Å². The van der Waals surface area contributed by atoms with E-state index in [9.17, 15) is 9.59 Å². The second-order valence-corrected chi connectivity index (χ2v) is 5.68. The maximum absolute atomic E-state index is 12.3. The fraction of sp³-hybridized carbons (Fsp3) is 0.529. The molecule has 3 unspecified atom stereocenters. The van der Waals surface area contributed by atoms with Crippen molar-refractivity contribution in [1.82, 2.24) is 5.32 Å². The Morgan fingerprint density at radius 1 is 1.23 bits per heavy atom. The molecule has 5 heteroatoms. The second-order valence-electron chi connectivity index (χ2n) is 5.68. The van der Waals surface area contributed by atoms with E-state index in [1.54, 1.807) is 6.07 Å². The summed E-state index contributed by atoms with van der Waals surface area (Å²) in [6, 6.07) is 7.48. The van der Waals surface area contributed by atoms with Crippen LogP contribution in [0.1, 0.15) is 33.6 Å². The molecule has 2 N–H and O–H groups in total. The summed E-state index contributed by atoms with van der Waals surface area (Å²) in [4.78, 5) is 24.3. The van der Waals surface area contributed by atoms with Crippen molar-refractivity contribution in [3.63, 3.8) is 0 Å². The van der Waals surface area contributed by atoms with E-state index >= 15 is 0 Å². The fourth-order valence-electron chi connectivity index (χ4n) is 2.30. The van der Waals surface area contributed by atoms with Crippen molar-refractivity contribution in [2.24, 2.45) is 11.8 Å². The minimum Gasteiger partial charge on any atom is -0.492 e. The van der Waals surface area contributed by atoms with Crippen LogP contribution in [0.15, 0.2) is 24.3 Å². The van der Waals surface area contributed by atoms with E-state index in [-0.39, 0.29) is 29.7 Å². The smallest absolute Gasteiger partial charge is 0.228 e. The lowest BCUT2D eigenvalue weighted by atomic mass is 10.2. The van der Waals surface area contributed by atoms with Gasteiger partial charge in [0.2, 0.25) is 11.8 Å². The van der Waals surface area contributed by atoms with Gasteiger partial charge in [-0.25, -0.2) is 0 Å². The average Bonchev–Trinajstić information content (AvgIpc) is 3.30. The Bertz CT molecular complexity index is 544. The first-order valence-electron chi connectivity index (χ1n) is 7.89. The molecule has 1 aromatic rings. The lowest BCUT2D eigenvalue weighted by molar-refractivity contribution is -0.125. The maximum atomic E-state index is 12.3. The molecule has 1 fully saturated rings. The zero-order valence-corrected chi connectivity index (χ0v) is 13.4. The topological polar surface area (TPSA) is 67.4 Å². The molecule has 120 valence electrons. The standard InChI is InChI=1S/C17H24N2O3/c1-4-11(3)18-16(20)12-10-13(12)17(21)19-14-8-6-7-9-15(14)22-5-2/h6-9,11-13H,4-5,10H2,1-3H3,(H,18,20)(H,19,21). The van der Waals surface area contributed by atoms with Crippen molar-refractivity contribution in [2.45, 2.75) is 39.7 Å². The highest BCUT2D eigenvalue weighted by atomic mass is 16.5. The van der Waals surface area contributed by atoms with E-state index in [1.165, 1.54) is 0 Å². The third-order valence-corrected chi connectivity index (χ3v) is 3.91. The minimum absolute atomic E-state index is 0.0207. The molecule has 1 aliphatic carbocycles. The number of hydrogen-bond donors (Lipinski definition) is 2. The SMILES string of the molecule is CCOc1ccccc1NC(=O)C1CC1C(=O)NC(C)CC. The van der Waals surface area contributed by atoms with E-state index in [1.807, 2.05) is 39.0 Å². The Morgan fingerprint density at radius 2 is 1.91 bits per heavy atom. The molecule has 0 radical (unpaired) electrons. The van der Waals surface area contributed by atoms with Gasteiger partial charge < -0.3 is 15.4 Å². The van der Waals surface area contributed by atoms with E-state index in [0.29, 0.717) is 24.5 Å². The number of hydrogen-bond acceptors (Lipinski definition) is 3. The number of rotatable bonds is 7. The third kappa shape index (κ3) is 4.00. The summed E-state index contributed by atoms with van der Waals surface area (Å²) >= 11 is 0. The summed E-state index contributed by atoms with van der Waals surface area (Å²) in [6.45, 7) is 6.42. The van der Waals surface area contributed by atoms with Gasteiger partial charge in [0, 0.05) is 6.04 Å². The van der Waals surface area contributed by atoms with Gasteiger partial charge in [-0.3, -0.25) is 9.59 Å². The number of carbonyl (C=O) groups is 2. The Balaban J connectivity index is 1.91. The molecule has 0 aliphatic heterocycles. The van der Waals surface area contributed by atoms with E-state index in [4.69, 9.17) is 4.74 Å². The van der Waals surface area contributed by atoms with Crippen molar-refractivity contribution in [3.8, 4) is 5.75 Å². The first-order valence-corrected chi connectivity index (χ1v) is 7.89. The van der Waals surface area contributed by atoms with Gasteiger partial charge >= 0.3 is 0 Å². The molecule has 0 heterocycles. The molecule has 0 bridgehead atoms. The molecular weight excluding hydrogens is 280 g/mol. The summed E-state index contributed by atoms with van der Waals surface area (Å²) in [5, 5.41) is 5.79. The van der Waals surface area contributed by atoms with Gasteiger partial charge in [0.15, 0.2) is 0 Å². The molecule has 0 saturated heterocycles. The highest BCUT2D eigenvalue weighted by Crippen LogP contribution is 2.40. The summed E-state index contributed by atoms with van der Waals surface area (Å²) < 4.78 is 5.49. The number of nitrogens with one attached hydrogen (secondary N) is 2. The van der Waals surface area contributed by atoms with E-state index in [0.717, 1.165) is 6.42 Å². The number of anilines is 1. The molecule has 0 spiro atoms. The summed E-state index contributed by atoms with van der Waals surface area (Å²) in [7, 11) is 0. The predicted molar refractivity (Wildman–Crippen MR) is 85.7 cm³/mol. The zero-order chi connectivity index (χ0) is 16.1. The fourth-order valence-corrected chi connectivity index (χ4v) is 2.30. The molecule has 3 atom stereocenters. The van der Waals surface area contributed by atoms with Gasteiger partial charge in [0.25, 0.3) is 0 Å². The summed E-state index contributed by atoms with van der Waals surface area (Å²) in [6.07, 6.45) is 1.50. The van der Waals surface area contributed by atoms with Gasteiger partial charge in [-0.05, 0) is 38.8 Å². The van der Waals surface area contributed by atoms with Crippen LogP contribution in [0.4, 0.5) is 5.69 Å². The van der Waals surface area contributed by atoms with Crippen molar-refractivity contribution in [3.05, 3.63) is 24.3 Å². The average molecular weight is 304 g/mol. The largest absolute Gasteiger partial charge is 0.492 e. The molecule has 1 aromatic carbocycles. The third-order valence-electron chi connectivity index (χ3n) is 3.91. The molecule has 2 amide bonds. The number of ether oxygens (including phenoxy) is 1. The van der Waals surface area contributed by atoms with E-state index < -0.39 is 0 Å². The van der Waals surface area contributed by atoms with Gasteiger partial charge in [0.1, 0.15) is 5.75 Å². The van der Waals surface area contributed by atoms with Crippen LogP contribution in [0.25, 0.3) is 0 Å². The van der Waals surface area contributed by atoms with Crippen LogP contribution in [0.5, 0.6) is 5.75 Å². The lowest BCUT2D eigenvalue weighted by Gasteiger charge is -2.12. The Hall–Kier alpha value is -2.04. The Kier molecular flexibility index (Phi) is 5.41. The van der Waals surface area contributed by atoms with Crippen LogP contribution in [-0.4, -0.2) is 24.5 Å². The predicted octanol–water partition coefficient (Wildman–Crippen LogP) is 2.57. The second kappa shape index (κ2) is 7.29. The zero-order valence-electron chi connectivity index (χ0n) is 13.4. The van der Waals surface area contributed by atoms with Crippen LogP contribution in [0.3, 0.4) is 0 Å². The number of para-hydroxylation sites is 2. The van der Waals surface area contributed by atoms with Crippen LogP contribution < -0.4 is 15.4 Å². The summed E-state index contributed by atoms with van der Waals surface area (Å²) in [5.74, 6) is 0.0793. The molecule has 0 aromatic heterocycles. The number of benzene rings is 1. The molecular formula is C17H24N2O3. The van der Waals surface area contributed by atoms with Crippen LogP contribution >= 0.6 is 0 Å². The van der Waals surface area contributed by atoms with Crippen molar-refractivity contribution in [1.29, 1.82) is 0 Å². The molecule has 5 nitrogen and oxygen atoms in total. The minimum atomic E-state index is -0.237. The van der Waals surface area contributed by atoms with Crippen molar-refractivity contribution in [2.75, 3.05) is 11.9 Å². The normalized spacial score (nSPS) is 20.9. The first kappa shape index (κ1) is 16.3. The highest BCUT2D eigenvalue weighted by Gasteiger charge is 2.48. The monoisotopic (exact) mass is 304 g/mol. The molecule has 1 saturated carbocycles. The van der Waals surface area contributed by atoms with Gasteiger partial charge in [-0.2, -0.15) is 0 Å². The molecule has 22 heavy (non-hydrogen) atoms. The van der Waals surface area contributed by atoms with Gasteiger partial charge in [0.05, 0.1) is 24.1 Å². The van der Waals surface area contributed by atoms with E-state index in [2.05, 4.69) is 10.6 Å².